The molecule has 108 valence electrons. The summed E-state index contributed by atoms with van der Waals surface area (Å²) in [5, 5.41) is 2.45. The van der Waals surface area contributed by atoms with Crippen molar-refractivity contribution in [1.82, 2.24) is 10.2 Å². The third kappa shape index (κ3) is 2.76. The fourth-order valence-corrected chi connectivity index (χ4v) is 3.09. The standard InChI is InChI=1S/C14H24N2O3/c1-4-14(5-2)8-11(6-7-19-14)16-9-10(3)12(17)15-13(16)18/h10-11H,4-9H2,1-3H3,(H,15,17,18). The number of nitrogens with one attached hydrogen (secondary N) is 1. The predicted molar refractivity (Wildman–Crippen MR) is 71.7 cm³/mol. The minimum absolute atomic E-state index is 0.103. The van der Waals surface area contributed by atoms with Crippen LogP contribution in [-0.4, -0.2) is 41.6 Å². The van der Waals surface area contributed by atoms with Crippen LogP contribution in [0.1, 0.15) is 46.5 Å². The normalized spacial score (nSPS) is 31.2. The summed E-state index contributed by atoms with van der Waals surface area (Å²) < 4.78 is 5.94. The van der Waals surface area contributed by atoms with Crippen LogP contribution in [0.4, 0.5) is 4.79 Å². The molecule has 2 aliphatic heterocycles. The molecule has 5 heteroatoms. The Labute approximate surface area is 114 Å². The van der Waals surface area contributed by atoms with Crippen molar-refractivity contribution in [3.05, 3.63) is 0 Å². The first-order chi connectivity index (χ1) is 9.01. The maximum absolute atomic E-state index is 12.0. The number of imide groups is 1. The Morgan fingerprint density at radius 2 is 2.05 bits per heavy atom. The molecular formula is C14H24N2O3. The highest BCUT2D eigenvalue weighted by molar-refractivity contribution is 5.97. The maximum atomic E-state index is 12.0. The van der Waals surface area contributed by atoms with Gasteiger partial charge in [0.2, 0.25) is 5.91 Å². The second-order valence-corrected chi connectivity index (χ2v) is 5.73. The zero-order valence-electron chi connectivity index (χ0n) is 12.1. The zero-order chi connectivity index (χ0) is 14.0. The molecule has 0 aromatic carbocycles. The Balaban J connectivity index is 2.09. The van der Waals surface area contributed by atoms with Crippen LogP contribution in [-0.2, 0) is 9.53 Å². The van der Waals surface area contributed by atoms with Gasteiger partial charge in [0.25, 0.3) is 0 Å². The Bertz CT molecular complexity index is 366. The number of hydrogen-bond donors (Lipinski definition) is 1. The molecule has 1 N–H and O–H groups in total. The molecule has 0 aliphatic carbocycles. The summed E-state index contributed by atoms with van der Waals surface area (Å²) in [6.45, 7) is 7.35. The van der Waals surface area contributed by atoms with E-state index in [1.54, 1.807) is 0 Å². The van der Waals surface area contributed by atoms with E-state index < -0.39 is 0 Å². The van der Waals surface area contributed by atoms with E-state index in [0.29, 0.717) is 13.2 Å². The van der Waals surface area contributed by atoms with Gasteiger partial charge < -0.3 is 9.64 Å². The summed E-state index contributed by atoms with van der Waals surface area (Å²) in [5.74, 6) is -0.288. The molecule has 19 heavy (non-hydrogen) atoms. The fraction of sp³-hybridized carbons (Fsp3) is 0.857. The number of ether oxygens (including phenoxy) is 1. The molecule has 2 aliphatic rings. The Morgan fingerprint density at radius 1 is 1.37 bits per heavy atom. The van der Waals surface area contributed by atoms with E-state index in [-0.39, 0.29) is 29.5 Å². The first kappa shape index (κ1) is 14.3. The van der Waals surface area contributed by atoms with Crippen molar-refractivity contribution >= 4 is 11.9 Å². The molecule has 2 fully saturated rings. The molecule has 0 aromatic rings. The highest BCUT2D eigenvalue weighted by atomic mass is 16.5. The summed E-state index contributed by atoms with van der Waals surface area (Å²) in [6.07, 6.45) is 3.65. The lowest BCUT2D eigenvalue weighted by atomic mass is 9.85. The van der Waals surface area contributed by atoms with Crippen molar-refractivity contribution in [1.29, 1.82) is 0 Å². The summed E-state index contributed by atoms with van der Waals surface area (Å²) in [6, 6.07) is -0.0553. The molecule has 0 radical (unpaired) electrons. The molecule has 3 amide bonds. The smallest absolute Gasteiger partial charge is 0.324 e. The van der Waals surface area contributed by atoms with Crippen molar-refractivity contribution in [2.24, 2.45) is 5.92 Å². The van der Waals surface area contributed by atoms with Gasteiger partial charge in [-0.3, -0.25) is 10.1 Å². The minimum Gasteiger partial charge on any atom is -0.375 e. The van der Waals surface area contributed by atoms with Crippen molar-refractivity contribution in [3.8, 4) is 0 Å². The van der Waals surface area contributed by atoms with Crippen LogP contribution >= 0.6 is 0 Å². The van der Waals surface area contributed by atoms with Gasteiger partial charge in [0.15, 0.2) is 0 Å². The van der Waals surface area contributed by atoms with Gasteiger partial charge >= 0.3 is 6.03 Å². The van der Waals surface area contributed by atoms with Gasteiger partial charge in [0, 0.05) is 19.2 Å². The molecule has 2 heterocycles. The van der Waals surface area contributed by atoms with E-state index in [0.717, 1.165) is 25.7 Å². The second kappa shape index (κ2) is 5.49. The summed E-state index contributed by atoms with van der Waals surface area (Å²) in [4.78, 5) is 25.3. The number of nitrogens with zero attached hydrogens (tertiary/aromatic N) is 1. The third-order valence-corrected chi connectivity index (χ3v) is 4.61. The maximum Gasteiger partial charge on any atom is 0.324 e. The Hall–Kier alpha value is -1.10. The molecule has 2 unspecified atom stereocenters. The van der Waals surface area contributed by atoms with Gasteiger partial charge in [-0.2, -0.15) is 0 Å². The van der Waals surface area contributed by atoms with Crippen LogP contribution in [0.2, 0.25) is 0 Å². The first-order valence-electron chi connectivity index (χ1n) is 7.26. The number of carbonyl (C=O) groups is 2. The minimum atomic E-state index is -0.240. The average molecular weight is 268 g/mol. The van der Waals surface area contributed by atoms with E-state index in [9.17, 15) is 9.59 Å². The van der Waals surface area contributed by atoms with Crippen molar-refractivity contribution in [2.45, 2.75) is 58.1 Å². The third-order valence-electron chi connectivity index (χ3n) is 4.61. The van der Waals surface area contributed by atoms with Gasteiger partial charge in [0.1, 0.15) is 0 Å². The number of rotatable bonds is 3. The zero-order valence-corrected chi connectivity index (χ0v) is 12.1. The van der Waals surface area contributed by atoms with Gasteiger partial charge in [-0.1, -0.05) is 20.8 Å². The Morgan fingerprint density at radius 3 is 2.68 bits per heavy atom. The number of urea groups is 1. The van der Waals surface area contributed by atoms with Crippen molar-refractivity contribution in [3.63, 3.8) is 0 Å². The molecule has 0 aromatic heterocycles. The molecule has 0 spiro atoms. The van der Waals surface area contributed by atoms with Crippen LogP contribution in [0.25, 0.3) is 0 Å². The summed E-state index contributed by atoms with van der Waals surface area (Å²) in [5.41, 5.74) is -0.103. The highest BCUT2D eigenvalue weighted by Crippen LogP contribution is 2.34. The van der Waals surface area contributed by atoms with Crippen LogP contribution in [0.15, 0.2) is 0 Å². The van der Waals surface area contributed by atoms with Gasteiger partial charge in [-0.15, -0.1) is 0 Å². The van der Waals surface area contributed by atoms with Crippen LogP contribution < -0.4 is 5.32 Å². The number of hydrogen-bond acceptors (Lipinski definition) is 3. The SMILES string of the molecule is CCC1(CC)CC(N2CC(C)C(=O)NC2=O)CCO1. The summed E-state index contributed by atoms with van der Waals surface area (Å²) >= 11 is 0. The Kier molecular flexibility index (Phi) is 4.13. The highest BCUT2D eigenvalue weighted by Gasteiger charge is 2.41. The van der Waals surface area contributed by atoms with Gasteiger partial charge in [-0.25, -0.2) is 4.79 Å². The molecule has 0 saturated carbocycles. The number of carbonyl (C=O) groups excluding carboxylic acids is 2. The first-order valence-corrected chi connectivity index (χ1v) is 7.26. The van der Waals surface area contributed by atoms with Crippen molar-refractivity contribution < 1.29 is 14.3 Å². The van der Waals surface area contributed by atoms with Crippen LogP contribution in [0.3, 0.4) is 0 Å². The molecule has 2 saturated heterocycles. The van der Waals surface area contributed by atoms with Crippen LogP contribution in [0.5, 0.6) is 0 Å². The predicted octanol–water partition coefficient (Wildman–Crippen LogP) is 1.91. The molecular weight excluding hydrogens is 244 g/mol. The van der Waals surface area contributed by atoms with E-state index in [4.69, 9.17) is 4.74 Å². The lowest BCUT2D eigenvalue weighted by molar-refractivity contribution is -0.128. The number of amides is 3. The van der Waals surface area contributed by atoms with E-state index in [2.05, 4.69) is 19.2 Å². The average Bonchev–Trinajstić information content (AvgIpc) is 2.43. The van der Waals surface area contributed by atoms with Gasteiger partial charge in [0.05, 0.1) is 11.5 Å². The lowest BCUT2D eigenvalue weighted by Gasteiger charge is -2.45. The fourth-order valence-electron chi connectivity index (χ4n) is 3.09. The molecule has 2 atom stereocenters. The molecule has 5 nitrogen and oxygen atoms in total. The van der Waals surface area contributed by atoms with E-state index in [1.807, 2.05) is 11.8 Å². The lowest BCUT2D eigenvalue weighted by Crippen LogP contribution is -2.59. The molecule has 2 rings (SSSR count). The monoisotopic (exact) mass is 268 g/mol. The van der Waals surface area contributed by atoms with E-state index in [1.165, 1.54) is 0 Å². The largest absolute Gasteiger partial charge is 0.375 e. The summed E-state index contributed by atoms with van der Waals surface area (Å²) in [7, 11) is 0. The molecule has 0 bridgehead atoms. The van der Waals surface area contributed by atoms with E-state index >= 15 is 0 Å². The van der Waals surface area contributed by atoms with Gasteiger partial charge in [-0.05, 0) is 25.7 Å². The van der Waals surface area contributed by atoms with Crippen LogP contribution in [0, 0.1) is 5.92 Å². The second-order valence-electron chi connectivity index (χ2n) is 5.73. The quantitative estimate of drug-likeness (QED) is 0.850. The van der Waals surface area contributed by atoms with Crippen molar-refractivity contribution in [2.75, 3.05) is 13.2 Å². The topological polar surface area (TPSA) is 58.6 Å².